The number of aliphatic imine (C=N–C) groups is 1. The van der Waals surface area contributed by atoms with Gasteiger partial charge in [-0.25, -0.2) is 4.89 Å². The van der Waals surface area contributed by atoms with Crippen molar-refractivity contribution < 1.29 is 18.8 Å². The van der Waals surface area contributed by atoms with Gasteiger partial charge in [0.2, 0.25) is 5.96 Å². The van der Waals surface area contributed by atoms with Crippen molar-refractivity contribution >= 4 is 49.2 Å². The number of aromatic nitrogens is 2. The van der Waals surface area contributed by atoms with Crippen LogP contribution in [0, 0.1) is 6.57 Å². The number of nitrogens with one attached hydrogen (secondary N) is 3. The number of nitrogens with zero attached hydrogens (tertiary/aromatic N) is 4. The Labute approximate surface area is 247 Å². The standard InChI is InChI=1S/C28H39N7O4SSi/c1-29-25-18-35(19-38-13-14-41(3,4)5)26(33-25)27(36)32-24-12-11-21(15-23(24)20-9-7-6-8-10-20)22-16-30-28(31-17-22)34-40-39-37-2/h9,11-12,15,18,22H,6-8,10,13-14,16-17,19H2,2-5H3,(H,32,36)(H2,30,31,34). The van der Waals surface area contributed by atoms with Gasteiger partial charge in [0.25, 0.3) is 11.6 Å². The van der Waals surface area contributed by atoms with Gasteiger partial charge in [-0.2, -0.15) is 0 Å². The fourth-order valence-corrected chi connectivity index (χ4v) is 5.73. The quantitative estimate of drug-likeness (QED) is 0.0541. The van der Waals surface area contributed by atoms with Crippen molar-refractivity contribution in [3.8, 4) is 0 Å². The maximum atomic E-state index is 13.5. The molecule has 1 unspecified atom stereocenters. The van der Waals surface area contributed by atoms with Gasteiger partial charge in [0.1, 0.15) is 6.73 Å². The van der Waals surface area contributed by atoms with E-state index < -0.39 is 8.07 Å². The fourth-order valence-electron chi connectivity index (χ4n) is 4.65. The van der Waals surface area contributed by atoms with Gasteiger partial charge in [-0.05, 0) is 55.0 Å². The first-order valence-corrected chi connectivity index (χ1v) is 18.3. The van der Waals surface area contributed by atoms with Crippen LogP contribution in [0.1, 0.15) is 53.3 Å². The van der Waals surface area contributed by atoms with E-state index in [0.29, 0.717) is 25.7 Å². The number of hydrogen-bond acceptors (Lipinski definition) is 9. The average Bonchev–Trinajstić information content (AvgIpc) is 3.40. The monoisotopic (exact) mass is 597 g/mol. The molecule has 0 saturated carbocycles. The van der Waals surface area contributed by atoms with Crippen LogP contribution in [0.5, 0.6) is 0 Å². The Kier molecular flexibility index (Phi) is 11.0. The lowest BCUT2D eigenvalue weighted by atomic mass is 9.88. The summed E-state index contributed by atoms with van der Waals surface area (Å²) in [5.74, 6) is 0.782. The number of anilines is 1. The second-order valence-corrected chi connectivity index (χ2v) is 17.4. The summed E-state index contributed by atoms with van der Waals surface area (Å²) in [6, 6.07) is 7.20. The SMILES string of the molecule is [C-]#[N+]c1cn(COCC[Si](C)(C)C)c(C(=O)Nc2ccc(C3CN=C(NSOOC)NC3)cc2C2=CCCCC2)n1. The first-order valence-electron chi connectivity index (χ1n) is 13.8. The molecule has 11 nitrogen and oxygen atoms in total. The van der Waals surface area contributed by atoms with E-state index in [1.54, 1.807) is 10.8 Å². The van der Waals surface area contributed by atoms with Crippen LogP contribution in [0.4, 0.5) is 11.5 Å². The summed E-state index contributed by atoms with van der Waals surface area (Å²) in [6.45, 7) is 16.4. The minimum Gasteiger partial charge on any atom is -0.361 e. The molecule has 2 aromatic rings. The van der Waals surface area contributed by atoms with Gasteiger partial charge in [0.15, 0.2) is 12.2 Å². The van der Waals surface area contributed by atoms with Gasteiger partial charge < -0.3 is 20.2 Å². The van der Waals surface area contributed by atoms with Gasteiger partial charge in [-0.15, -0.1) is 4.33 Å². The van der Waals surface area contributed by atoms with Gasteiger partial charge in [0.05, 0.1) is 13.7 Å². The zero-order valence-electron chi connectivity index (χ0n) is 24.2. The number of hydrogen-bond donors (Lipinski definition) is 3. The molecule has 13 heteroatoms. The molecule has 0 spiro atoms. The number of rotatable bonds is 12. The molecule has 1 atom stereocenters. The first-order chi connectivity index (χ1) is 19.8. The molecule has 1 aliphatic heterocycles. The van der Waals surface area contributed by atoms with Crippen molar-refractivity contribution in [1.29, 1.82) is 0 Å². The summed E-state index contributed by atoms with van der Waals surface area (Å²) >= 11 is 0.951. The van der Waals surface area contributed by atoms with E-state index in [1.807, 2.05) is 12.1 Å². The van der Waals surface area contributed by atoms with E-state index >= 15 is 0 Å². The topological polar surface area (TPSA) is 115 Å². The number of allylic oxidation sites excluding steroid dienone is 2. The molecule has 3 N–H and O–H groups in total. The molecule has 1 amide bonds. The zero-order valence-corrected chi connectivity index (χ0v) is 26.0. The molecule has 41 heavy (non-hydrogen) atoms. The molecule has 0 saturated heterocycles. The van der Waals surface area contributed by atoms with Crippen LogP contribution in [0.25, 0.3) is 10.4 Å². The number of carbonyl (C=O) groups is 1. The molecule has 2 aliphatic rings. The summed E-state index contributed by atoms with van der Waals surface area (Å²) < 4.78 is 15.2. The number of ether oxygens (including phenoxy) is 1. The van der Waals surface area contributed by atoms with Gasteiger partial charge in [-0.3, -0.25) is 19.1 Å². The molecular formula is C28H39N7O4SSi. The van der Waals surface area contributed by atoms with Gasteiger partial charge >= 0.3 is 5.91 Å². The summed E-state index contributed by atoms with van der Waals surface area (Å²) in [5, 5.41) is 6.38. The zero-order chi connectivity index (χ0) is 29.2. The summed E-state index contributed by atoms with van der Waals surface area (Å²) in [7, 11) is 0.198. The molecule has 4 rings (SSSR count). The smallest absolute Gasteiger partial charge is 0.316 e. The van der Waals surface area contributed by atoms with E-state index in [-0.39, 0.29) is 30.2 Å². The van der Waals surface area contributed by atoms with E-state index in [9.17, 15) is 4.79 Å². The average molecular weight is 598 g/mol. The number of imidazole rings is 1. The molecule has 1 aromatic carbocycles. The number of carbonyl (C=O) groups excluding carboxylic acids is 1. The van der Waals surface area contributed by atoms with Crippen molar-refractivity contribution in [1.82, 2.24) is 19.6 Å². The fraction of sp³-hybridized carbons (Fsp3) is 0.500. The molecule has 0 bridgehead atoms. The lowest BCUT2D eigenvalue weighted by molar-refractivity contribution is -0.160. The Bertz CT molecular complexity index is 1320. The summed E-state index contributed by atoms with van der Waals surface area (Å²) in [6.07, 6.45) is 8.11. The van der Waals surface area contributed by atoms with Crippen LogP contribution in [-0.4, -0.2) is 56.3 Å². The molecule has 1 aliphatic carbocycles. The molecule has 220 valence electrons. The third-order valence-electron chi connectivity index (χ3n) is 6.93. The minimum atomic E-state index is -1.24. The van der Waals surface area contributed by atoms with E-state index in [1.165, 1.54) is 19.1 Å². The maximum absolute atomic E-state index is 13.5. The normalized spacial score (nSPS) is 17.2. The van der Waals surface area contributed by atoms with Crippen molar-refractivity contribution in [2.24, 2.45) is 4.99 Å². The highest BCUT2D eigenvalue weighted by molar-refractivity contribution is 7.93. The van der Waals surface area contributed by atoms with Crippen molar-refractivity contribution in [2.75, 3.05) is 32.1 Å². The Balaban J connectivity index is 1.52. The third kappa shape index (κ3) is 8.91. The van der Waals surface area contributed by atoms with E-state index in [2.05, 4.69) is 66.8 Å². The Morgan fingerprint density at radius 3 is 2.85 bits per heavy atom. The predicted molar refractivity (Wildman–Crippen MR) is 165 cm³/mol. The Morgan fingerprint density at radius 2 is 2.17 bits per heavy atom. The van der Waals surface area contributed by atoms with Crippen LogP contribution in [0.15, 0.2) is 35.5 Å². The highest BCUT2D eigenvalue weighted by atomic mass is 32.2. The molecule has 2 heterocycles. The van der Waals surface area contributed by atoms with Crippen molar-refractivity contribution in [2.45, 2.75) is 64.0 Å². The largest absolute Gasteiger partial charge is 0.361 e. The van der Waals surface area contributed by atoms with E-state index in [0.717, 1.165) is 54.3 Å². The summed E-state index contributed by atoms with van der Waals surface area (Å²) in [4.78, 5) is 30.4. The number of amides is 1. The minimum absolute atomic E-state index is 0.165. The number of guanidine groups is 1. The Hall–Kier alpha value is -3.15. The third-order valence-corrected chi connectivity index (χ3v) is 9.12. The predicted octanol–water partition coefficient (Wildman–Crippen LogP) is 5.73. The van der Waals surface area contributed by atoms with Gasteiger partial charge in [0, 0.05) is 44.6 Å². The Morgan fingerprint density at radius 1 is 1.32 bits per heavy atom. The second-order valence-electron chi connectivity index (χ2n) is 11.3. The van der Waals surface area contributed by atoms with Crippen molar-refractivity contribution in [3.05, 3.63) is 58.8 Å². The maximum Gasteiger partial charge on any atom is 0.316 e. The van der Waals surface area contributed by atoms with Crippen LogP contribution >= 0.6 is 12.2 Å². The van der Waals surface area contributed by atoms with Crippen molar-refractivity contribution in [3.63, 3.8) is 0 Å². The first kappa shape index (κ1) is 30.8. The van der Waals surface area contributed by atoms with Crippen LogP contribution in [0.2, 0.25) is 25.7 Å². The molecule has 0 fully saturated rings. The van der Waals surface area contributed by atoms with E-state index in [4.69, 9.17) is 15.6 Å². The number of benzene rings is 1. The lowest BCUT2D eigenvalue weighted by Crippen LogP contribution is -2.41. The second kappa shape index (κ2) is 14.7. The molecule has 1 aromatic heterocycles. The highest BCUT2D eigenvalue weighted by Gasteiger charge is 2.24. The lowest BCUT2D eigenvalue weighted by Gasteiger charge is -2.25. The molecular weight excluding hydrogens is 559 g/mol. The van der Waals surface area contributed by atoms with Gasteiger partial charge in [-0.1, -0.05) is 43.3 Å². The molecule has 0 radical (unpaired) electrons. The van der Waals surface area contributed by atoms with Crippen LogP contribution in [0.3, 0.4) is 0 Å². The summed E-state index contributed by atoms with van der Waals surface area (Å²) in [5.41, 5.74) is 4.12. The van der Waals surface area contributed by atoms with Crippen LogP contribution in [-0.2, 0) is 20.7 Å². The highest BCUT2D eigenvalue weighted by Crippen LogP contribution is 2.34. The van der Waals surface area contributed by atoms with Crippen LogP contribution < -0.4 is 15.4 Å².